The average molecular weight is 294 g/mol. The standard InChI is InChI=1S/C13H16N2.C6H6O/c1-10-3-2-4-12(9-10)13(11-5-6-11)7-8-14-15-13;7-6-4-2-1-3-5-6/h2-4,7-9,11,14-15H,5-6H2,1H3;1-5,7H. The molecule has 3 N–H and O–H groups in total. The molecule has 0 amide bonds. The van der Waals surface area contributed by atoms with E-state index in [1.807, 2.05) is 12.3 Å². The molecular weight excluding hydrogens is 272 g/mol. The summed E-state index contributed by atoms with van der Waals surface area (Å²) in [7, 11) is 0. The molecule has 3 nitrogen and oxygen atoms in total. The second kappa shape index (κ2) is 6.24. The molecule has 0 radical (unpaired) electrons. The summed E-state index contributed by atoms with van der Waals surface area (Å²) in [4.78, 5) is 0. The van der Waals surface area contributed by atoms with Gasteiger partial charge >= 0.3 is 0 Å². The van der Waals surface area contributed by atoms with Crippen LogP contribution in [-0.2, 0) is 5.54 Å². The van der Waals surface area contributed by atoms with Crippen LogP contribution in [0.1, 0.15) is 24.0 Å². The van der Waals surface area contributed by atoms with E-state index in [2.05, 4.69) is 48.1 Å². The molecule has 0 spiro atoms. The summed E-state index contributed by atoms with van der Waals surface area (Å²) >= 11 is 0. The highest BCUT2D eigenvalue weighted by atomic mass is 16.3. The van der Waals surface area contributed by atoms with Gasteiger partial charge in [0.25, 0.3) is 0 Å². The Morgan fingerprint density at radius 2 is 1.82 bits per heavy atom. The van der Waals surface area contributed by atoms with Crippen LogP contribution in [0.4, 0.5) is 0 Å². The first kappa shape index (κ1) is 14.7. The smallest absolute Gasteiger partial charge is 0.115 e. The van der Waals surface area contributed by atoms with E-state index in [4.69, 9.17) is 5.11 Å². The lowest BCUT2D eigenvalue weighted by Crippen LogP contribution is -2.43. The maximum absolute atomic E-state index is 8.63. The third-order valence-electron chi connectivity index (χ3n) is 4.18. The van der Waals surface area contributed by atoms with Crippen LogP contribution in [-0.4, -0.2) is 5.11 Å². The van der Waals surface area contributed by atoms with Crippen molar-refractivity contribution < 1.29 is 5.11 Å². The molecule has 1 heterocycles. The maximum Gasteiger partial charge on any atom is 0.115 e. The van der Waals surface area contributed by atoms with Gasteiger partial charge in [-0.15, -0.1) is 0 Å². The topological polar surface area (TPSA) is 44.3 Å². The minimum absolute atomic E-state index is 0.0476. The molecule has 0 bridgehead atoms. The predicted molar refractivity (Wildman–Crippen MR) is 89.1 cm³/mol. The lowest BCUT2D eigenvalue weighted by Gasteiger charge is -2.28. The van der Waals surface area contributed by atoms with E-state index in [0.29, 0.717) is 5.75 Å². The lowest BCUT2D eigenvalue weighted by molar-refractivity contribution is 0.366. The van der Waals surface area contributed by atoms with E-state index in [-0.39, 0.29) is 5.54 Å². The van der Waals surface area contributed by atoms with Crippen molar-refractivity contribution >= 4 is 0 Å². The summed E-state index contributed by atoms with van der Waals surface area (Å²) in [6, 6.07) is 17.5. The first-order valence-electron chi connectivity index (χ1n) is 7.72. The number of hydrogen-bond donors (Lipinski definition) is 3. The third-order valence-corrected chi connectivity index (χ3v) is 4.18. The Morgan fingerprint density at radius 3 is 2.32 bits per heavy atom. The average Bonchev–Trinajstić information content (AvgIpc) is 3.27. The normalized spacial score (nSPS) is 22.6. The zero-order valence-corrected chi connectivity index (χ0v) is 12.8. The predicted octanol–water partition coefficient (Wildman–Crippen LogP) is 3.61. The maximum atomic E-state index is 8.63. The summed E-state index contributed by atoms with van der Waals surface area (Å²) in [6.45, 7) is 2.15. The van der Waals surface area contributed by atoms with E-state index < -0.39 is 0 Å². The van der Waals surface area contributed by atoms with Gasteiger partial charge < -0.3 is 10.5 Å². The van der Waals surface area contributed by atoms with E-state index >= 15 is 0 Å². The van der Waals surface area contributed by atoms with Crippen molar-refractivity contribution in [2.75, 3.05) is 0 Å². The first-order chi connectivity index (χ1) is 10.7. The molecular formula is C19H22N2O. The molecule has 3 heteroatoms. The molecule has 0 aromatic heterocycles. The molecule has 22 heavy (non-hydrogen) atoms. The molecule has 1 atom stereocenters. The van der Waals surface area contributed by atoms with Gasteiger partial charge in [0.05, 0.1) is 5.54 Å². The molecule has 2 aliphatic rings. The number of para-hydroxylation sites is 1. The van der Waals surface area contributed by atoms with E-state index in [0.717, 1.165) is 5.92 Å². The van der Waals surface area contributed by atoms with Gasteiger partial charge in [0.2, 0.25) is 0 Å². The molecule has 2 aromatic carbocycles. The molecule has 4 rings (SSSR count). The summed E-state index contributed by atoms with van der Waals surface area (Å²) in [5, 5.41) is 8.63. The Balaban J connectivity index is 0.000000174. The number of aromatic hydroxyl groups is 1. The summed E-state index contributed by atoms with van der Waals surface area (Å²) < 4.78 is 0. The number of nitrogens with one attached hydrogen (secondary N) is 2. The summed E-state index contributed by atoms with van der Waals surface area (Å²) in [6.07, 6.45) is 6.93. The molecule has 1 unspecified atom stereocenters. The fourth-order valence-corrected chi connectivity index (χ4v) is 2.89. The highest BCUT2D eigenvalue weighted by Crippen LogP contribution is 2.47. The number of phenols is 1. The van der Waals surface area contributed by atoms with Crippen LogP contribution in [0.3, 0.4) is 0 Å². The van der Waals surface area contributed by atoms with E-state index in [1.54, 1.807) is 24.3 Å². The summed E-state index contributed by atoms with van der Waals surface area (Å²) in [5.74, 6) is 1.08. The van der Waals surface area contributed by atoms with E-state index in [1.165, 1.54) is 24.0 Å². The third kappa shape index (κ3) is 3.15. The molecule has 2 aromatic rings. The number of hydrogen-bond acceptors (Lipinski definition) is 3. The number of aryl methyl sites for hydroxylation is 1. The number of benzene rings is 2. The van der Waals surface area contributed by atoms with Gasteiger partial charge in [-0.25, -0.2) is 5.43 Å². The Labute approximate surface area is 131 Å². The fraction of sp³-hybridized carbons (Fsp3) is 0.263. The van der Waals surface area contributed by atoms with Crippen molar-refractivity contribution in [2.24, 2.45) is 5.92 Å². The highest BCUT2D eigenvalue weighted by molar-refractivity contribution is 5.37. The van der Waals surface area contributed by atoms with Gasteiger partial charge in [0.15, 0.2) is 0 Å². The van der Waals surface area contributed by atoms with Crippen LogP contribution in [0, 0.1) is 12.8 Å². The molecule has 1 aliphatic heterocycles. The van der Waals surface area contributed by atoms with Gasteiger partial charge in [0.1, 0.15) is 5.75 Å². The molecule has 1 aliphatic carbocycles. The van der Waals surface area contributed by atoms with Crippen molar-refractivity contribution in [2.45, 2.75) is 25.3 Å². The zero-order chi connectivity index (χ0) is 15.4. The van der Waals surface area contributed by atoms with Crippen LogP contribution in [0.15, 0.2) is 66.9 Å². The molecule has 114 valence electrons. The van der Waals surface area contributed by atoms with Crippen molar-refractivity contribution in [1.29, 1.82) is 0 Å². The van der Waals surface area contributed by atoms with E-state index in [9.17, 15) is 0 Å². The number of rotatable bonds is 2. The Morgan fingerprint density at radius 1 is 1.05 bits per heavy atom. The molecule has 1 saturated carbocycles. The molecule has 0 saturated heterocycles. The van der Waals surface area contributed by atoms with Crippen molar-refractivity contribution in [1.82, 2.24) is 10.9 Å². The van der Waals surface area contributed by atoms with Crippen molar-refractivity contribution in [3.63, 3.8) is 0 Å². The lowest BCUT2D eigenvalue weighted by atomic mass is 9.85. The van der Waals surface area contributed by atoms with Crippen LogP contribution in [0.5, 0.6) is 5.75 Å². The second-order valence-corrected chi connectivity index (χ2v) is 5.95. The van der Waals surface area contributed by atoms with Crippen molar-refractivity contribution in [3.05, 3.63) is 78.0 Å². The van der Waals surface area contributed by atoms with Crippen LogP contribution in [0.25, 0.3) is 0 Å². The largest absolute Gasteiger partial charge is 0.508 e. The number of hydrazine groups is 1. The Kier molecular flexibility index (Phi) is 4.16. The van der Waals surface area contributed by atoms with Gasteiger partial charge in [-0.1, -0.05) is 48.0 Å². The minimum atomic E-state index is 0.0476. The zero-order valence-electron chi connectivity index (χ0n) is 12.8. The second-order valence-electron chi connectivity index (χ2n) is 5.95. The van der Waals surface area contributed by atoms with Crippen LogP contribution < -0.4 is 10.9 Å². The SMILES string of the molecule is Cc1cccc(C2(C3CC3)C=CNN2)c1.Oc1ccccc1. The van der Waals surface area contributed by atoms with Gasteiger partial charge in [-0.05, 0) is 49.5 Å². The fourth-order valence-electron chi connectivity index (χ4n) is 2.89. The van der Waals surface area contributed by atoms with Gasteiger partial charge in [-0.2, -0.15) is 0 Å². The first-order valence-corrected chi connectivity index (χ1v) is 7.72. The highest BCUT2D eigenvalue weighted by Gasteiger charge is 2.46. The Bertz CT molecular complexity index is 649. The van der Waals surface area contributed by atoms with Crippen LogP contribution >= 0.6 is 0 Å². The summed E-state index contributed by atoms with van der Waals surface area (Å²) in [5.41, 5.74) is 9.29. The Hall–Kier alpha value is -2.26. The quantitative estimate of drug-likeness (QED) is 0.792. The van der Waals surface area contributed by atoms with Gasteiger partial charge in [0, 0.05) is 6.20 Å². The molecule has 1 fully saturated rings. The van der Waals surface area contributed by atoms with Crippen molar-refractivity contribution in [3.8, 4) is 5.75 Å². The monoisotopic (exact) mass is 294 g/mol. The van der Waals surface area contributed by atoms with Gasteiger partial charge in [-0.3, -0.25) is 0 Å². The number of phenolic OH excluding ortho intramolecular Hbond substituents is 1. The minimum Gasteiger partial charge on any atom is -0.508 e. The van der Waals surface area contributed by atoms with Crippen LogP contribution in [0.2, 0.25) is 0 Å².